The highest BCUT2D eigenvalue weighted by Gasteiger charge is 2.26. The zero-order valence-corrected chi connectivity index (χ0v) is 22.7. The summed E-state index contributed by atoms with van der Waals surface area (Å²) in [5.41, 5.74) is 5.32. The number of nitrogens with zero attached hydrogens (tertiary/aromatic N) is 2. The van der Waals surface area contributed by atoms with Gasteiger partial charge in [0.2, 0.25) is 0 Å². The number of hydrogen-bond acceptors (Lipinski definition) is 5. The van der Waals surface area contributed by atoms with Crippen molar-refractivity contribution in [1.82, 2.24) is 0 Å². The molecule has 184 valence electrons. The molecule has 0 bridgehead atoms. The van der Waals surface area contributed by atoms with E-state index in [1.807, 2.05) is 55.5 Å². The third-order valence-electron chi connectivity index (χ3n) is 5.69. The fourth-order valence-electron chi connectivity index (χ4n) is 4.07. The normalized spacial score (nSPS) is 13.3. The summed E-state index contributed by atoms with van der Waals surface area (Å²) in [6, 6.07) is 24.6. The second-order valence-corrected chi connectivity index (χ2v) is 10.3. The van der Waals surface area contributed by atoms with Gasteiger partial charge in [-0.25, -0.2) is 0 Å². The van der Waals surface area contributed by atoms with Gasteiger partial charge in [-0.3, -0.25) is 0 Å². The van der Waals surface area contributed by atoms with Crippen LogP contribution in [0.15, 0.2) is 136 Å². The highest BCUT2D eigenvalue weighted by Crippen LogP contribution is 2.49. The number of nitrogens with one attached hydrogen (secondary N) is 1. The van der Waals surface area contributed by atoms with E-state index in [4.69, 9.17) is 0 Å². The van der Waals surface area contributed by atoms with Crippen molar-refractivity contribution in [3.8, 4) is 6.07 Å². The summed E-state index contributed by atoms with van der Waals surface area (Å²) in [6.07, 6.45) is 11.1. The van der Waals surface area contributed by atoms with E-state index in [1.54, 1.807) is 23.5 Å². The predicted molar refractivity (Wildman–Crippen MR) is 162 cm³/mol. The van der Waals surface area contributed by atoms with Crippen molar-refractivity contribution in [2.45, 2.75) is 30.1 Å². The first kappa shape index (κ1) is 26.2. The van der Waals surface area contributed by atoms with E-state index in [-0.39, 0.29) is 0 Å². The van der Waals surface area contributed by atoms with Crippen LogP contribution in [-0.2, 0) is 0 Å². The number of allylic oxidation sites excluding steroid dienone is 5. The van der Waals surface area contributed by atoms with Crippen molar-refractivity contribution < 1.29 is 0 Å². The van der Waals surface area contributed by atoms with Crippen LogP contribution < -0.4 is 10.2 Å². The molecule has 3 nitrogen and oxygen atoms in total. The Morgan fingerprint density at radius 1 is 1.03 bits per heavy atom. The maximum Gasteiger partial charge on any atom is 0.0992 e. The van der Waals surface area contributed by atoms with Crippen LogP contribution in [0.2, 0.25) is 0 Å². The Hall–Kier alpha value is -3.85. The van der Waals surface area contributed by atoms with Gasteiger partial charge in [0.15, 0.2) is 0 Å². The van der Waals surface area contributed by atoms with Crippen LogP contribution >= 0.6 is 23.5 Å². The lowest BCUT2D eigenvalue weighted by Crippen LogP contribution is -2.21. The van der Waals surface area contributed by atoms with E-state index in [0.29, 0.717) is 5.56 Å². The van der Waals surface area contributed by atoms with Gasteiger partial charge in [-0.1, -0.05) is 92.2 Å². The van der Waals surface area contributed by atoms with Gasteiger partial charge in [0, 0.05) is 19.6 Å². The summed E-state index contributed by atoms with van der Waals surface area (Å²) in [4.78, 5) is 6.62. The molecule has 0 radical (unpaired) electrons. The van der Waals surface area contributed by atoms with Crippen molar-refractivity contribution >= 4 is 46.3 Å². The lowest BCUT2D eigenvalue weighted by molar-refractivity contribution is 1.15. The number of rotatable bonds is 9. The number of anilines is 4. The van der Waals surface area contributed by atoms with E-state index in [1.165, 1.54) is 4.91 Å². The Balaban J connectivity index is 1.85. The van der Waals surface area contributed by atoms with Crippen LogP contribution in [0.4, 0.5) is 22.7 Å². The molecule has 1 N–H and O–H groups in total. The number of hydrogen-bond donors (Lipinski definition) is 1. The van der Waals surface area contributed by atoms with E-state index >= 15 is 0 Å². The summed E-state index contributed by atoms with van der Waals surface area (Å²) in [5.74, 6) is 0. The smallest absolute Gasteiger partial charge is 0.0992 e. The second-order valence-electron chi connectivity index (χ2n) is 8.14. The number of nitriles is 1. The van der Waals surface area contributed by atoms with Gasteiger partial charge in [0.1, 0.15) is 0 Å². The summed E-state index contributed by atoms with van der Waals surface area (Å²) in [6.45, 7) is 12.3. The summed E-state index contributed by atoms with van der Waals surface area (Å²) in [7, 11) is 0. The first-order chi connectivity index (χ1) is 18.1. The minimum Gasteiger partial charge on any atom is -0.353 e. The number of thioether (sulfide) groups is 2. The molecule has 3 aromatic carbocycles. The van der Waals surface area contributed by atoms with Crippen LogP contribution in [0.25, 0.3) is 0 Å². The molecule has 0 spiro atoms. The molecule has 1 aliphatic rings. The minimum atomic E-state index is 0.587. The molecule has 0 saturated heterocycles. The zero-order valence-electron chi connectivity index (χ0n) is 21.1. The standard InChI is InChI=1S/C32H29N3S2/c1-5-13-24(14-6-2)36-31-17-11-9-15-26(31)34-25-20-19-23(22-33)21-29(25)35-27(7-3)30(8-4)37-32-18-12-10-16-28(32)35/h5,7-21,34H,3-4,6H2,1-2H3/b13-5-,24-14+. The van der Waals surface area contributed by atoms with Crippen molar-refractivity contribution in [3.63, 3.8) is 0 Å². The fourth-order valence-corrected chi connectivity index (χ4v) is 6.16. The summed E-state index contributed by atoms with van der Waals surface area (Å²) >= 11 is 3.41. The molecule has 5 heteroatoms. The Morgan fingerprint density at radius 3 is 2.54 bits per heavy atom. The number of fused-ring (bicyclic) bond motifs is 1. The maximum atomic E-state index is 9.74. The minimum absolute atomic E-state index is 0.587. The molecule has 1 heterocycles. The number of para-hydroxylation sites is 2. The van der Waals surface area contributed by atoms with Gasteiger partial charge < -0.3 is 10.2 Å². The molecule has 0 amide bonds. The third-order valence-corrected chi connectivity index (χ3v) is 7.96. The topological polar surface area (TPSA) is 39.1 Å². The van der Waals surface area contributed by atoms with Gasteiger partial charge >= 0.3 is 0 Å². The van der Waals surface area contributed by atoms with E-state index in [0.717, 1.165) is 49.6 Å². The summed E-state index contributed by atoms with van der Waals surface area (Å²) < 4.78 is 0. The van der Waals surface area contributed by atoms with Crippen LogP contribution in [0.1, 0.15) is 25.8 Å². The lowest BCUT2D eigenvalue weighted by Gasteiger charge is -2.34. The zero-order chi connectivity index (χ0) is 26.2. The van der Waals surface area contributed by atoms with Crippen LogP contribution in [0, 0.1) is 11.3 Å². The van der Waals surface area contributed by atoms with Gasteiger partial charge in [-0.15, -0.1) is 0 Å². The fraction of sp³-hybridized carbons (Fsp3) is 0.0938. The van der Waals surface area contributed by atoms with Gasteiger partial charge in [-0.2, -0.15) is 5.26 Å². The van der Waals surface area contributed by atoms with Crippen LogP contribution in [0.5, 0.6) is 0 Å². The molecule has 1 aliphatic heterocycles. The lowest BCUT2D eigenvalue weighted by atomic mass is 10.1. The molecular formula is C32H29N3S2. The first-order valence-corrected chi connectivity index (χ1v) is 13.7. The average molecular weight is 520 g/mol. The van der Waals surface area contributed by atoms with Gasteiger partial charge in [-0.05, 0) is 61.9 Å². The number of benzene rings is 3. The van der Waals surface area contributed by atoms with Crippen LogP contribution in [-0.4, -0.2) is 0 Å². The highest BCUT2D eigenvalue weighted by atomic mass is 32.2. The molecule has 37 heavy (non-hydrogen) atoms. The second kappa shape index (κ2) is 12.4. The van der Waals surface area contributed by atoms with Crippen molar-refractivity contribution in [2.75, 3.05) is 10.2 Å². The van der Waals surface area contributed by atoms with Crippen molar-refractivity contribution in [3.05, 3.63) is 131 Å². The Morgan fingerprint density at radius 2 is 1.81 bits per heavy atom. The monoisotopic (exact) mass is 519 g/mol. The molecule has 0 unspecified atom stereocenters. The quantitative estimate of drug-likeness (QED) is 0.225. The van der Waals surface area contributed by atoms with Gasteiger partial charge in [0.05, 0.1) is 40.1 Å². The first-order valence-electron chi connectivity index (χ1n) is 12.1. The highest BCUT2D eigenvalue weighted by molar-refractivity contribution is 8.03. The maximum absolute atomic E-state index is 9.74. The average Bonchev–Trinajstić information content (AvgIpc) is 2.93. The van der Waals surface area contributed by atoms with E-state index in [2.05, 4.69) is 84.9 Å². The van der Waals surface area contributed by atoms with E-state index in [9.17, 15) is 5.26 Å². The van der Waals surface area contributed by atoms with Crippen LogP contribution in [0.3, 0.4) is 0 Å². The Labute approximate surface area is 228 Å². The molecule has 0 atom stereocenters. The van der Waals surface area contributed by atoms with E-state index < -0.39 is 0 Å². The van der Waals surface area contributed by atoms with Gasteiger partial charge in [0.25, 0.3) is 0 Å². The van der Waals surface area contributed by atoms with Crippen molar-refractivity contribution in [2.24, 2.45) is 0 Å². The molecule has 4 rings (SSSR count). The summed E-state index contributed by atoms with van der Waals surface area (Å²) in [5, 5.41) is 13.4. The molecular weight excluding hydrogens is 491 g/mol. The molecule has 3 aromatic rings. The Bertz CT molecular complexity index is 1460. The molecule has 0 aliphatic carbocycles. The molecule has 0 saturated carbocycles. The predicted octanol–water partition coefficient (Wildman–Crippen LogP) is 10.1. The third kappa shape index (κ3) is 5.77. The molecule has 0 fully saturated rings. The Kier molecular flexibility index (Phi) is 8.79. The van der Waals surface area contributed by atoms with Crippen molar-refractivity contribution in [1.29, 1.82) is 5.26 Å². The molecule has 0 aromatic heterocycles. The SMILES string of the molecule is C=CC1=C(C=C)N(c2cc(C#N)ccc2Nc2ccccc2SC(/C=C\C)=C/CC)c2ccccc2S1. The largest absolute Gasteiger partial charge is 0.353 e.